The van der Waals surface area contributed by atoms with E-state index in [1.165, 1.54) is 36.4 Å². The van der Waals surface area contributed by atoms with Crippen LogP contribution < -0.4 is 4.31 Å². The number of rotatable bonds is 5. The van der Waals surface area contributed by atoms with Crippen molar-refractivity contribution in [1.82, 2.24) is 0 Å². The Kier molecular flexibility index (Phi) is 4.73. The third-order valence-corrected chi connectivity index (χ3v) is 5.04. The van der Waals surface area contributed by atoms with Crippen molar-refractivity contribution in [3.8, 4) is 0 Å². The van der Waals surface area contributed by atoms with E-state index in [0.717, 1.165) is 9.87 Å². The molecule has 0 aromatic heterocycles. The van der Waals surface area contributed by atoms with Gasteiger partial charge in [-0.1, -0.05) is 29.3 Å². The summed E-state index contributed by atoms with van der Waals surface area (Å²) < 4.78 is 26.2. The summed E-state index contributed by atoms with van der Waals surface area (Å²) in [4.78, 5) is 11.1. The molecule has 0 fully saturated rings. The van der Waals surface area contributed by atoms with Crippen LogP contribution in [0, 0.1) is 6.92 Å². The second-order valence-electron chi connectivity index (χ2n) is 4.69. The maximum atomic E-state index is 12.7. The van der Waals surface area contributed by atoms with Gasteiger partial charge in [-0.05, 0) is 43.3 Å². The van der Waals surface area contributed by atoms with Crippen molar-refractivity contribution in [3.05, 3.63) is 59.1 Å². The third kappa shape index (κ3) is 3.58. The number of benzene rings is 2. The van der Waals surface area contributed by atoms with Crippen molar-refractivity contribution in [2.75, 3.05) is 10.8 Å². The molecule has 0 bridgehead atoms. The Morgan fingerprint density at radius 1 is 1.09 bits per heavy atom. The second kappa shape index (κ2) is 6.37. The molecule has 0 unspecified atom stereocenters. The highest BCUT2D eigenvalue weighted by atomic mass is 35.5. The Balaban J connectivity index is 2.50. The smallest absolute Gasteiger partial charge is 0.324 e. The third-order valence-electron chi connectivity index (χ3n) is 3.00. The number of aliphatic carboxylic acids is 1. The summed E-state index contributed by atoms with van der Waals surface area (Å²) in [6.45, 7) is 1.17. The van der Waals surface area contributed by atoms with Crippen LogP contribution in [0.5, 0.6) is 0 Å². The number of anilines is 1. The molecule has 0 amide bonds. The van der Waals surface area contributed by atoms with Crippen LogP contribution in [0.3, 0.4) is 0 Å². The maximum Gasteiger partial charge on any atom is 0.324 e. The van der Waals surface area contributed by atoms with E-state index >= 15 is 0 Å². The topological polar surface area (TPSA) is 74.7 Å². The van der Waals surface area contributed by atoms with Gasteiger partial charge in [-0.2, -0.15) is 0 Å². The largest absolute Gasteiger partial charge is 0.480 e. The molecule has 0 aliphatic rings. The quantitative estimate of drug-likeness (QED) is 0.908. The van der Waals surface area contributed by atoms with E-state index in [4.69, 9.17) is 16.7 Å². The first-order chi connectivity index (χ1) is 10.3. The number of halogens is 1. The SMILES string of the molecule is Cc1ccc(S(=O)(=O)N(CC(=O)O)c2ccc(Cl)cc2)cc1. The molecule has 5 nitrogen and oxygen atoms in total. The van der Waals surface area contributed by atoms with E-state index in [1.54, 1.807) is 12.1 Å². The highest BCUT2D eigenvalue weighted by Gasteiger charge is 2.26. The van der Waals surface area contributed by atoms with Crippen molar-refractivity contribution in [2.45, 2.75) is 11.8 Å². The Labute approximate surface area is 133 Å². The van der Waals surface area contributed by atoms with Crippen molar-refractivity contribution >= 4 is 33.3 Å². The number of hydrogen-bond donors (Lipinski definition) is 1. The first kappa shape index (κ1) is 16.3. The van der Waals surface area contributed by atoms with E-state index in [9.17, 15) is 13.2 Å². The standard InChI is InChI=1S/C15H14ClNO4S/c1-11-2-8-14(9-3-11)22(20,21)17(10-15(18)19)13-6-4-12(16)5-7-13/h2-9H,10H2,1H3,(H,18,19). The molecule has 0 spiro atoms. The van der Waals surface area contributed by atoms with E-state index in [-0.39, 0.29) is 10.6 Å². The molecule has 0 radical (unpaired) electrons. The van der Waals surface area contributed by atoms with Crippen molar-refractivity contribution in [3.63, 3.8) is 0 Å². The molecule has 7 heteroatoms. The van der Waals surface area contributed by atoms with E-state index in [2.05, 4.69) is 0 Å². The lowest BCUT2D eigenvalue weighted by Crippen LogP contribution is -2.35. The normalized spacial score (nSPS) is 11.2. The predicted molar refractivity (Wildman–Crippen MR) is 84.8 cm³/mol. The van der Waals surface area contributed by atoms with Crippen LogP contribution in [-0.2, 0) is 14.8 Å². The van der Waals surface area contributed by atoms with Crippen molar-refractivity contribution in [2.24, 2.45) is 0 Å². The number of carboxylic acids is 1. The number of carboxylic acid groups (broad SMARTS) is 1. The molecule has 0 saturated heterocycles. The Morgan fingerprint density at radius 3 is 2.14 bits per heavy atom. The van der Waals surface area contributed by atoms with Crippen molar-refractivity contribution < 1.29 is 18.3 Å². The van der Waals surface area contributed by atoms with Gasteiger partial charge in [-0.3, -0.25) is 9.10 Å². The van der Waals surface area contributed by atoms with Gasteiger partial charge in [-0.15, -0.1) is 0 Å². The highest BCUT2D eigenvalue weighted by molar-refractivity contribution is 7.92. The summed E-state index contributed by atoms with van der Waals surface area (Å²) in [5, 5.41) is 9.46. The van der Waals surface area contributed by atoms with Gasteiger partial charge < -0.3 is 5.11 Å². The molecule has 2 aromatic carbocycles. The number of aryl methyl sites for hydroxylation is 1. The van der Waals surface area contributed by atoms with Gasteiger partial charge in [0.15, 0.2) is 0 Å². The van der Waals surface area contributed by atoms with Gasteiger partial charge in [0.1, 0.15) is 6.54 Å². The van der Waals surface area contributed by atoms with E-state index in [0.29, 0.717) is 5.02 Å². The number of hydrogen-bond acceptors (Lipinski definition) is 3. The zero-order chi connectivity index (χ0) is 16.3. The molecule has 2 rings (SSSR count). The monoisotopic (exact) mass is 339 g/mol. The molecule has 2 aromatic rings. The minimum absolute atomic E-state index is 0.0364. The fraction of sp³-hybridized carbons (Fsp3) is 0.133. The summed E-state index contributed by atoms with van der Waals surface area (Å²) in [6.07, 6.45) is 0. The van der Waals surface area contributed by atoms with Gasteiger partial charge in [0.05, 0.1) is 10.6 Å². The zero-order valence-corrected chi connectivity index (χ0v) is 13.3. The lowest BCUT2D eigenvalue weighted by Gasteiger charge is -2.22. The van der Waals surface area contributed by atoms with Crippen molar-refractivity contribution in [1.29, 1.82) is 0 Å². The molecule has 116 valence electrons. The molecule has 0 aliphatic carbocycles. The average Bonchev–Trinajstić information content (AvgIpc) is 2.46. The van der Waals surface area contributed by atoms with Crippen LogP contribution in [0.25, 0.3) is 0 Å². The van der Waals surface area contributed by atoms with Gasteiger partial charge in [0.2, 0.25) is 0 Å². The Morgan fingerprint density at radius 2 is 1.64 bits per heavy atom. The maximum absolute atomic E-state index is 12.7. The van der Waals surface area contributed by atoms with Gasteiger partial charge in [0, 0.05) is 5.02 Å². The van der Waals surface area contributed by atoms with Gasteiger partial charge >= 0.3 is 5.97 Å². The second-order valence-corrected chi connectivity index (χ2v) is 6.99. The van der Waals surface area contributed by atoms with Crippen LogP contribution in [0.4, 0.5) is 5.69 Å². The molecule has 0 heterocycles. The number of nitrogens with zero attached hydrogens (tertiary/aromatic N) is 1. The molecular weight excluding hydrogens is 326 g/mol. The van der Waals surface area contributed by atoms with E-state index < -0.39 is 22.5 Å². The summed E-state index contributed by atoms with van der Waals surface area (Å²) in [5.74, 6) is -1.24. The highest BCUT2D eigenvalue weighted by Crippen LogP contribution is 2.25. The molecule has 0 aliphatic heterocycles. The number of carbonyl (C=O) groups is 1. The number of sulfonamides is 1. The molecule has 0 atom stereocenters. The van der Waals surface area contributed by atoms with Crippen LogP contribution >= 0.6 is 11.6 Å². The lowest BCUT2D eigenvalue weighted by atomic mass is 10.2. The Bertz CT molecular complexity index is 770. The van der Waals surface area contributed by atoms with Crippen LogP contribution in [0.1, 0.15) is 5.56 Å². The zero-order valence-electron chi connectivity index (χ0n) is 11.7. The van der Waals surface area contributed by atoms with Gasteiger partial charge in [0.25, 0.3) is 10.0 Å². The fourth-order valence-corrected chi connectivity index (χ4v) is 3.42. The summed E-state index contributed by atoms with van der Waals surface area (Å²) in [6, 6.07) is 12.2. The first-order valence-corrected chi connectivity index (χ1v) is 8.19. The predicted octanol–water partition coefficient (Wildman–Crippen LogP) is 2.93. The molecular formula is C15H14ClNO4S. The van der Waals surface area contributed by atoms with Crippen LogP contribution in [-0.4, -0.2) is 26.0 Å². The summed E-state index contributed by atoms with van der Waals surface area (Å²) >= 11 is 5.79. The summed E-state index contributed by atoms with van der Waals surface area (Å²) in [7, 11) is -3.97. The molecule has 0 saturated carbocycles. The minimum Gasteiger partial charge on any atom is -0.480 e. The van der Waals surface area contributed by atoms with E-state index in [1.807, 2.05) is 6.92 Å². The Hall–Kier alpha value is -2.05. The summed E-state index contributed by atoms with van der Waals surface area (Å²) in [5.41, 5.74) is 1.16. The van der Waals surface area contributed by atoms with Crippen LogP contribution in [0.15, 0.2) is 53.4 Å². The fourth-order valence-electron chi connectivity index (χ4n) is 1.88. The first-order valence-electron chi connectivity index (χ1n) is 6.37. The lowest BCUT2D eigenvalue weighted by molar-refractivity contribution is -0.135. The average molecular weight is 340 g/mol. The minimum atomic E-state index is -3.97. The molecule has 22 heavy (non-hydrogen) atoms. The van der Waals surface area contributed by atoms with Gasteiger partial charge in [-0.25, -0.2) is 8.42 Å². The van der Waals surface area contributed by atoms with Crippen LogP contribution in [0.2, 0.25) is 5.02 Å². The molecule has 1 N–H and O–H groups in total.